The maximum Gasteiger partial charge on any atom is 0.251 e. The van der Waals surface area contributed by atoms with Crippen molar-refractivity contribution in [3.63, 3.8) is 0 Å². The van der Waals surface area contributed by atoms with Crippen molar-refractivity contribution in [3.05, 3.63) is 71.9 Å². The van der Waals surface area contributed by atoms with Gasteiger partial charge in [-0.25, -0.2) is 4.39 Å². The van der Waals surface area contributed by atoms with Crippen molar-refractivity contribution in [2.24, 2.45) is 0 Å². The fourth-order valence-electron chi connectivity index (χ4n) is 2.06. The summed E-state index contributed by atoms with van der Waals surface area (Å²) < 4.78 is 18.1. The zero-order valence-electron chi connectivity index (χ0n) is 12.4. The summed E-state index contributed by atoms with van der Waals surface area (Å²) in [5.74, 6) is 0.0405. The molecule has 0 radical (unpaired) electrons. The van der Waals surface area contributed by atoms with E-state index in [1.165, 1.54) is 24.3 Å². The fraction of sp³-hybridized carbons (Fsp3) is 0.118. The Morgan fingerprint density at radius 3 is 2.52 bits per heavy atom. The van der Waals surface area contributed by atoms with Crippen LogP contribution in [0.1, 0.15) is 29.2 Å². The van der Waals surface area contributed by atoms with E-state index in [9.17, 15) is 9.18 Å². The van der Waals surface area contributed by atoms with Gasteiger partial charge in [-0.15, -0.1) is 0 Å². The standard InChI is InChI=1S/C17H14FN3O2/c1-11(19-16(22)13-7-9-14(18)10-8-13)17-20-15(21-23-17)12-5-3-2-4-6-12/h2-11H,1H3,(H,19,22). The second-order valence-electron chi connectivity index (χ2n) is 5.02. The molecule has 0 saturated carbocycles. The third kappa shape index (κ3) is 3.42. The van der Waals surface area contributed by atoms with E-state index >= 15 is 0 Å². The molecule has 1 heterocycles. The minimum Gasteiger partial charge on any atom is -0.341 e. The third-order valence-corrected chi connectivity index (χ3v) is 3.30. The van der Waals surface area contributed by atoms with Crippen LogP contribution >= 0.6 is 0 Å². The molecule has 3 aromatic rings. The second-order valence-corrected chi connectivity index (χ2v) is 5.02. The number of nitrogens with one attached hydrogen (secondary N) is 1. The number of hydrogen-bond donors (Lipinski definition) is 1. The highest BCUT2D eigenvalue weighted by Crippen LogP contribution is 2.18. The van der Waals surface area contributed by atoms with Crippen LogP contribution < -0.4 is 5.32 Å². The van der Waals surface area contributed by atoms with Crippen molar-refractivity contribution in [2.45, 2.75) is 13.0 Å². The number of benzene rings is 2. The lowest BCUT2D eigenvalue weighted by Crippen LogP contribution is -2.26. The first-order chi connectivity index (χ1) is 11.1. The summed E-state index contributed by atoms with van der Waals surface area (Å²) in [5.41, 5.74) is 1.20. The lowest BCUT2D eigenvalue weighted by Gasteiger charge is -2.09. The quantitative estimate of drug-likeness (QED) is 0.802. The molecule has 0 aliphatic carbocycles. The maximum absolute atomic E-state index is 12.9. The van der Waals surface area contributed by atoms with Crippen LogP contribution in [-0.4, -0.2) is 16.0 Å². The lowest BCUT2D eigenvalue weighted by atomic mass is 10.2. The molecule has 1 atom stereocenters. The Hall–Kier alpha value is -3.02. The largest absolute Gasteiger partial charge is 0.341 e. The van der Waals surface area contributed by atoms with Crippen LogP contribution in [-0.2, 0) is 0 Å². The highest BCUT2D eigenvalue weighted by atomic mass is 19.1. The van der Waals surface area contributed by atoms with Crippen molar-refractivity contribution in [3.8, 4) is 11.4 Å². The van der Waals surface area contributed by atoms with Crippen LogP contribution in [0.5, 0.6) is 0 Å². The smallest absolute Gasteiger partial charge is 0.251 e. The van der Waals surface area contributed by atoms with Gasteiger partial charge in [0.15, 0.2) is 0 Å². The lowest BCUT2D eigenvalue weighted by molar-refractivity contribution is 0.0932. The number of nitrogens with zero attached hydrogens (tertiary/aromatic N) is 2. The van der Waals surface area contributed by atoms with E-state index in [1.807, 2.05) is 30.3 Å². The third-order valence-electron chi connectivity index (χ3n) is 3.30. The predicted octanol–water partition coefficient (Wildman–Crippen LogP) is 3.37. The SMILES string of the molecule is CC(NC(=O)c1ccc(F)cc1)c1nc(-c2ccccc2)no1. The molecule has 0 aliphatic rings. The summed E-state index contributed by atoms with van der Waals surface area (Å²) in [5, 5.41) is 6.65. The number of halogens is 1. The average Bonchev–Trinajstić information content (AvgIpc) is 3.06. The monoisotopic (exact) mass is 311 g/mol. The van der Waals surface area contributed by atoms with Crippen LogP contribution in [0.3, 0.4) is 0 Å². The van der Waals surface area contributed by atoms with Crippen LogP contribution in [0.2, 0.25) is 0 Å². The Morgan fingerprint density at radius 2 is 1.83 bits per heavy atom. The van der Waals surface area contributed by atoms with E-state index in [4.69, 9.17) is 4.52 Å². The molecule has 0 bridgehead atoms. The van der Waals surface area contributed by atoms with E-state index in [2.05, 4.69) is 15.5 Å². The van der Waals surface area contributed by atoms with Crippen molar-refractivity contribution >= 4 is 5.91 Å². The Balaban J connectivity index is 1.71. The van der Waals surface area contributed by atoms with Gasteiger partial charge in [-0.1, -0.05) is 35.5 Å². The Morgan fingerprint density at radius 1 is 1.13 bits per heavy atom. The molecule has 1 amide bonds. The summed E-state index contributed by atoms with van der Waals surface area (Å²) in [7, 11) is 0. The van der Waals surface area contributed by atoms with E-state index < -0.39 is 6.04 Å². The molecule has 6 heteroatoms. The molecule has 0 aliphatic heterocycles. The Labute approximate surface area is 132 Å². The van der Waals surface area contributed by atoms with Crippen molar-refractivity contribution in [1.82, 2.24) is 15.5 Å². The van der Waals surface area contributed by atoms with Gasteiger partial charge in [-0.2, -0.15) is 4.98 Å². The Kier molecular flexibility index (Phi) is 4.14. The molecule has 0 saturated heterocycles. The Bertz CT molecular complexity index is 800. The molecule has 1 N–H and O–H groups in total. The molecule has 1 aromatic heterocycles. The van der Waals surface area contributed by atoms with Gasteiger partial charge in [-0.3, -0.25) is 4.79 Å². The summed E-state index contributed by atoms with van der Waals surface area (Å²) in [6.07, 6.45) is 0. The highest BCUT2D eigenvalue weighted by molar-refractivity contribution is 5.94. The molecule has 2 aromatic carbocycles. The average molecular weight is 311 g/mol. The predicted molar refractivity (Wildman–Crippen MR) is 82.0 cm³/mol. The number of rotatable bonds is 4. The number of amides is 1. The molecule has 0 fully saturated rings. The van der Waals surface area contributed by atoms with Crippen LogP contribution in [0.15, 0.2) is 59.1 Å². The minimum absolute atomic E-state index is 0.305. The summed E-state index contributed by atoms with van der Waals surface area (Å²) in [6, 6.07) is 14.2. The molecule has 23 heavy (non-hydrogen) atoms. The summed E-state index contributed by atoms with van der Waals surface area (Å²) in [6.45, 7) is 1.74. The molecule has 1 unspecified atom stereocenters. The molecule has 3 rings (SSSR count). The molecular weight excluding hydrogens is 297 g/mol. The fourth-order valence-corrected chi connectivity index (χ4v) is 2.06. The van der Waals surface area contributed by atoms with Gasteiger partial charge in [0, 0.05) is 11.1 Å². The van der Waals surface area contributed by atoms with Gasteiger partial charge < -0.3 is 9.84 Å². The first-order valence-electron chi connectivity index (χ1n) is 7.09. The van der Waals surface area contributed by atoms with E-state index in [0.29, 0.717) is 17.3 Å². The van der Waals surface area contributed by atoms with E-state index in [-0.39, 0.29) is 11.7 Å². The summed E-state index contributed by atoms with van der Waals surface area (Å²) in [4.78, 5) is 16.4. The first kappa shape index (κ1) is 14.9. The molecule has 5 nitrogen and oxygen atoms in total. The van der Waals surface area contributed by atoms with Crippen LogP contribution in [0, 0.1) is 5.82 Å². The normalized spacial score (nSPS) is 11.9. The minimum atomic E-state index is -0.461. The van der Waals surface area contributed by atoms with Gasteiger partial charge in [0.1, 0.15) is 11.9 Å². The molecule has 116 valence electrons. The van der Waals surface area contributed by atoms with Crippen LogP contribution in [0.4, 0.5) is 4.39 Å². The van der Waals surface area contributed by atoms with E-state index in [0.717, 1.165) is 5.56 Å². The molecular formula is C17H14FN3O2. The van der Waals surface area contributed by atoms with Gasteiger partial charge in [0.05, 0.1) is 0 Å². The number of carbonyl (C=O) groups is 1. The second kappa shape index (κ2) is 6.39. The van der Waals surface area contributed by atoms with Gasteiger partial charge in [0.2, 0.25) is 11.7 Å². The topological polar surface area (TPSA) is 68.0 Å². The highest BCUT2D eigenvalue weighted by Gasteiger charge is 2.18. The van der Waals surface area contributed by atoms with Crippen molar-refractivity contribution < 1.29 is 13.7 Å². The van der Waals surface area contributed by atoms with Gasteiger partial charge in [-0.05, 0) is 31.2 Å². The molecule has 0 spiro atoms. The van der Waals surface area contributed by atoms with Gasteiger partial charge >= 0.3 is 0 Å². The number of carbonyl (C=O) groups excluding carboxylic acids is 1. The van der Waals surface area contributed by atoms with E-state index in [1.54, 1.807) is 6.92 Å². The summed E-state index contributed by atoms with van der Waals surface area (Å²) >= 11 is 0. The van der Waals surface area contributed by atoms with Crippen molar-refractivity contribution in [1.29, 1.82) is 0 Å². The number of hydrogen-bond acceptors (Lipinski definition) is 4. The number of aromatic nitrogens is 2. The first-order valence-corrected chi connectivity index (χ1v) is 7.09. The zero-order chi connectivity index (χ0) is 16.2. The van der Waals surface area contributed by atoms with Crippen molar-refractivity contribution in [2.75, 3.05) is 0 Å². The maximum atomic E-state index is 12.9. The zero-order valence-corrected chi connectivity index (χ0v) is 12.4. The van der Waals surface area contributed by atoms with Gasteiger partial charge in [0.25, 0.3) is 5.91 Å². The van der Waals surface area contributed by atoms with Crippen LogP contribution in [0.25, 0.3) is 11.4 Å².